The summed E-state index contributed by atoms with van der Waals surface area (Å²) >= 11 is 0. The van der Waals surface area contributed by atoms with Crippen molar-refractivity contribution in [1.82, 2.24) is 0 Å². The smallest absolute Gasteiger partial charge is 1.00 e. The molecule has 21 heavy (non-hydrogen) atoms. The summed E-state index contributed by atoms with van der Waals surface area (Å²) in [5, 5.41) is 19.5. The molecule has 0 heterocycles. The number of benzene rings is 2. The number of rotatable bonds is 3. The Labute approximate surface area is 150 Å². The normalized spacial score (nSPS) is 12.1. The van der Waals surface area contributed by atoms with Crippen molar-refractivity contribution >= 4 is 0 Å². The van der Waals surface area contributed by atoms with E-state index in [2.05, 4.69) is 0 Å². The first-order valence-electron chi connectivity index (χ1n) is 5.68. The molecule has 0 aliphatic carbocycles. The van der Waals surface area contributed by atoms with Gasteiger partial charge in [0.25, 0.3) is 0 Å². The second-order valence-corrected chi connectivity index (χ2v) is 4.17. The van der Waals surface area contributed by atoms with Crippen LogP contribution >= 0.6 is 0 Å². The summed E-state index contributed by atoms with van der Waals surface area (Å²) < 4.78 is 0. The van der Waals surface area contributed by atoms with Crippen LogP contribution in [-0.4, -0.2) is 10.2 Å². The third-order valence-corrected chi connectivity index (χ3v) is 2.98. The van der Waals surface area contributed by atoms with Crippen molar-refractivity contribution in [2.24, 2.45) is 11.5 Å². The Bertz CT molecular complexity index is 509. The molecule has 0 aromatic heterocycles. The Kier molecular flexibility index (Phi) is 10.8. The molecule has 0 spiro atoms. The predicted octanol–water partition coefficient (Wildman–Crippen LogP) is -4.20. The standard InChI is InChI=1S/C14H16N2O2.2ClH.Pt/c15-13(9-5-1-3-7-11(9)17)14(16)10-6-2-4-8-12(10)18;;;/h1-8,13-14,17-18H,15-16H2;2*1H;/q;;;+2/p-2. The van der Waals surface area contributed by atoms with Gasteiger partial charge in [0, 0.05) is 11.1 Å². The molecule has 2 aromatic rings. The number of para-hydroxylation sites is 2. The van der Waals surface area contributed by atoms with E-state index in [0.717, 1.165) is 0 Å². The fourth-order valence-corrected chi connectivity index (χ4v) is 1.93. The summed E-state index contributed by atoms with van der Waals surface area (Å²) in [7, 11) is 0. The maximum absolute atomic E-state index is 9.75. The van der Waals surface area contributed by atoms with Crippen molar-refractivity contribution < 1.29 is 56.1 Å². The largest absolute Gasteiger partial charge is 2.00 e. The molecule has 4 nitrogen and oxygen atoms in total. The minimum atomic E-state index is -0.584. The van der Waals surface area contributed by atoms with Gasteiger partial charge in [-0.15, -0.1) is 0 Å². The van der Waals surface area contributed by atoms with E-state index in [4.69, 9.17) is 11.5 Å². The summed E-state index contributed by atoms with van der Waals surface area (Å²) in [6, 6.07) is 12.4. The monoisotopic (exact) mass is 509 g/mol. The number of hydrogen-bond acceptors (Lipinski definition) is 4. The molecule has 2 atom stereocenters. The molecule has 6 N–H and O–H groups in total. The minimum absolute atomic E-state index is 0. The van der Waals surface area contributed by atoms with E-state index < -0.39 is 12.1 Å². The number of hydrogen-bond donors (Lipinski definition) is 4. The van der Waals surface area contributed by atoms with Crippen LogP contribution in [-0.2, 0) is 21.1 Å². The van der Waals surface area contributed by atoms with Crippen LogP contribution in [0.1, 0.15) is 23.2 Å². The van der Waals surface area contributed by atoms with Crippen molar-refractivity contribution in [3.05, 3.63) is 59.7 Å². The topological polar surface area (TPSA) is 92.5 Å². The van der Waals surface area contributed by atoms with Crippen LogP contribution < -0.4 is 36.3 Å². The van der Waals surface area contributed by atoms with E-state index in [1.165, 1.54) is 0 Å². The van der Waals surface area contributed by atoms with Crippen molar-refractivity contribution in [2.45, 2.75) is 12.1 Å². The van der Waals surface area contributed by atoms with E-state index in [0.29, 0.717) is 11.1 Å². The average molecular weight is 510 g/mol. The SMILES string of the molecule is NC(c1ccccc1O)C(N)c1ccccc1O.[Cl-].[Cl-].[Pt+2]. The van der Waals surface area contributed by atoms with Crippen LogP contribution in [0, 0.1) is 0 Å². The van der Waals surface area contributed by atoms with Crippen molar-refractivity contribution in [2.75, 3.05) is 0 Å². The molecule has 7 heteroatoms. The summed E-state index contributed by atoms with van der Waals surface area (Å²) in [6.07, 6.45) is 0. The molecule has 0 radical (unpaired) electrons. The van der Waals surface area contributed by atoms with E-state index in [1.807, 2.05) is 0 Å². The molecule has 0 aliphatic heterocycles. The first kappa shape index (κ1) is 22.5. The van der Waals surface area contributed by atoms with Gasteiger partial charge >= 0.3 is 21.1 Å². The molecule has 0 saturated carbocycles. The van der Waals surface area contributed by atoms with Gasteiger partial charge in [0.05, 0.1) is 12.1 Å². The zero-order valence-corrected chi connectivity index (χ0v) is 14.7. The summed E-state index contributed by atoms with van der Waals surface area (Å²) in [5.41, 5.74) is 13.2. The van der Waals surface area contributed by atoms with Gasteiger partial charge in [-0.25, -0.2) is 0 Å². The molecule has 0 aliphatic rings. The van der Waals surface area contributed by atoms with Gasteiger partial charge in [-0.3, -0.25) is 0 Å². The molecule has 0 amide bonds. The fraction of sp³-hybridized carbons (Fsp3) is 0.143. The van der Waals surface area contributed by atoms with Gasteiger partial charge in [0.2, 0.25) is 0 Å². The van der Waals surface area contributed by atoms with Crippen LogP contribution in [0.15, 0.2) is 48.5 Å². The zero-order valence-electron chi connectivity index (χ0n) is 10.9. The molecule has 0 saturated heterocycles. The number of nitrogens with two attached hydrogens (primary N) is 2. The molecule has 118 valence electrons. The zero-order chi connectivity index (χ0) is 13.1. The molecular weight excluding hydrogens is 494 g/mol. The van der Waals surface area contributed by atoms with Crippen LogP contribution in [0.5, 0.6) is 11.5 Å². The third kappa shape index (κ3) is 5.17. The molecule has 2 rings (SSSR count). The van der Waals surface area contributed by atoms with Gasteiger partial charge in [-0.05, 0) is 12.1 Å². The Hall–Kier alpha value is -0.772. The quantitative estimate of drug-likeness (QED) is 0.337. The van der Waals surface area contributed by atoms with Gasteiger partial charge in [0.1, 0.15) is 11.5 Å². The van der Waals surface area contributed by atoms with Crippen LogP contribution in [0.4, 0.5) is 0 Å². The molecular formula is C14H16Cl2N2O2Pt. The second kappa shape index (κ2) is 10.0. The number of halogens is 2. The van der Waals surface area contributed by atoms with Gasteiger partial charge in [0.15, 0.2) is 0 Å². The fourth-order valence-electron chi connectivity index (χ4n) is 1.93. The van der Waals surface area contributed by atoms with Gasteiger partial charge in [-0.1, -0.05) is 36.4 Å². The van der Waals surface area contributed by atoms with Gasteiger partial charge < -0.3 is 46.5 Å². The first-order chi connectivity index (χ1) is 8.61. The Morgan fingerprint density at radius 2 is 0.952 bits per heavy atom. The summed E-state index contributed by atoms with van der Waals surface area (Å²) in [4.78, 5) is 0. The number of aromatic hydroxyl groups is 2. The second-order valence-electron chi connectivity index (χ2n) is 4.17. The summed E-state index contributed by atoms with van der Waals surface area (Å²) in [5.74, 6) is 0.215. The van der Waals surface area contributed by atoms with Crippen molar-refractivity contribution in [1.29, 1.82) is 0 Å². The van der Waals surface area contributed by atoms with Crippen molar-refractivity contribution in [3.63, 3.8) is 0 Å². The van der Waals surface area contributed by atoms with Crippen LogP contribution in [0.3, 0.4) is 0 Å². The van der Waals surface area contributed by atoms with Crippen LogP contribution in [0.2, 0.25) is 0 Å². The van der Waals surface area contributed by atoms with E-state index in [9.17, 15) is 10.2 Å². The van der Waals surface area contributed by atoms with E-state index in [1.54, 1.807) is 48.5 Å². The summed E-state index contributed by atoms with van der Waals surface area (Å²) in [6.45, 7) is 0. The maximum atomic E-state index is 9.75. The average Bonchev–Trinajstić information content (AvgIpc) is 2.38. The molecule has 0 bridgehead atoms. The predicted molar refractivity (Wildman–Crippen MR) is 70.1 cm³/mol. The molecule has 0 fully saturated rings. The third-order valence-electron chi connectivity index (χ3n) is 2.98. The van der Waals surface area contributed by atoms with E-state index in [-0.39, 0.29) is 57.4 Å². The minimum Gasteiger partial charge on any atom is -1.00 e. The Balaban J connectivity index is 0. The van der Waals surface area contributed by atoms with E-state index >= 15 is 0 Å². The number of phenols is 2. The Morgan fingerprint density at radius 1 is 0.667 bits per heavy atom. The Morgan fingerprint density at radius 3 is 1.24 bits per heavy atom. The van der Waals surface area contributed by atoms with Gasteiger partial charge in [-0.2, -0.15) is 0 Å². The molecule has 2 aromatic carbocycles. The number of phenolic OH excluding ortho intramolecular Hbond substituents is 2. The first-order valence-corrected chi connectivity index (χ1v) is 5.68. The van der Waals surface area contributed by atoms with Crippen molar-refractivity contribution in [3.8, 4) is 11.5 Å². The molecule has 2 unspecified atom stereocenters. The van der Waals surface area contributed by atoms with Crippen LogP contribution in [0.25, 0.3) is 0 Å². The maximum Gasteiger partial charge on any atom is 2.00 e.